The zero-order valence-corrected chi connectivity index (χ0v) is 14.2. The molecule has 0 saturated heterocycles. The van der Waals surface area contributed by atoms with Crippen molar-refractivity contribution in [3.63, 3.8) is 0 Å². The molecule has 0 aliphatic carbocycles. The summed E-state index contributed by atoms with van der Waals surface area (Å²) in [5.74, 6) is -0.0629. The van der Waals surface area contributed by atoms with Crippen LogP contribution >= 0.6 is 0 Å². The first-order valence-electron chi connectivity index (χ1n) is 7.69. The summed E-state index contributed by atoms with van der Waals surface area (Å²) in [6.45, 7) is 4.49. The molecular weight excluding hydrogens is 320 g/mol. The van der Waals surface area contributed by atoms with Crippen LogP contribution in [-0.2, 0) is 9.47 Å². The number of nitrogen functional groups attached to an aromatic ring is 1. The van der Waals surface area contributed by atoms with E-state index in [1.807, 2.05) is 38.1 Å². The smallest absolute Gasteiger partial charge is 0.357 e. The number of anilines is 1. The zero-order chi connectivity index (χ0) is 18.2. The number of esters is 1. The molecule has 1 aromatic heterocycles. The Morgan fingerprint density at radius 1 is 1.48 bits per heavy atom. The van der Waals surface area contributed by atoms with Crippen LogP contribution in [0.4, 0.5) is 5.69 Å². The number of carbonyl (C=O) groups is 1. The predicted octanol–water partition coefficient (Wildman–Crippen LogP) is 2.27. The van der Waals surface area contributed by atoms with Crippen molar-refractivity contribution >= 4 is 17.6 Å². The first kappa shape index (κ1) is 16.6. The van der Waals surface area contributed by atoms with Crippen LogP contribution in [-0.4, -0.2) is 35.7 Å². The number of methoxy groups -OCH3 is 1. The van der Waals surface area contributed by atoms with Gasteiger partial charge in [0.2, 0.25) is 5.90 Å². The van der Waals surface area contributed by atoms with E-state index in [1.165, 1.54) is 13.3 Å². The molecule has 0 bridgehead atoms. The SMILES string of the molecule is COC(=O)c1c(N)c(C#N)cn1-c1cccc(C2=NC(C)(C)CO2)c1. The third kappa shape index (κ3) is 2.94. The molecule has 1 aliphatic heterocycles. The molecule has 0 fully saturated rings. The van der Waals surface area contributed by atoms with Gasteiger partial charge in [-0.25, -0.2) is 9.79 Å². The fraction of sp³-hybridized carbons (Fsp3) is 0.278. The van der Waals surface area contributed by atoms with Gasteiger partial charge >= 0.3 is 5.97 Å². The van der Waals surface area contributed by atoms with Crippen LogP contribution in [0.5, 0.6) is 0 Å². The van der Waals surface area contributed by atoms with Crippen LogP contribution in [0.25, 0.3) is 5.69 Å². The maximum atomic E-state index is 12.1. The first-order valence-corrected chi connectivity index (χ1v) is 7.69. The van der Waals surface area contributed by atoms with Gasteiger partial charge in [-0.3, -0.25) is 0 Å². The number of rotatable bonds is 3. The number of hydrogen-bond acceptors (Lipinski definition) is 6. The molecule has 0 unspecified atom stereocenters. The van der Waals surface area contributed by atoms with Crippen LogP contribution in [0.1, 0.15) is 35.5 Å². The minimum Gasteiger partial charge on any atom is -0.475 e. The second-order valence-corrected chi connectivity index (χ2v) is 6.35. The summed E-state index contributed by atoms with van der Waals surface area (Å²) in [5.41, 5.74) is 7.52. The van der Waals surface area contributed by atoms with E-state index in [-0.39, 0.29) is 22.5 Å². The molecule has 3 rings (SSSR count). The molecule has 128 valence electrons. The van der Waals surface area contributed by atoms with Gasteiger partial charge in [-0.15, -0.1) is 0 Å². The van der Waals surface area contributed by atoms with Crippen molar-refractivity contribution in [1.82, 2.24) is 4.57 Å². The molecular formula is C18H18N4O3. The van der Waals surface area contributed by atoms with Crippen LogP contribution in [0, 0.1) is 11.3 Å². The lowest BCUT2D eigenvalue weighted by Gasteiger charge is -2.10. The summed E-state index contributed by atoms with van der Waals surface area (Å²) in [4.78, 5) is 16.7. The lowest BCUT2D eigenvalue weighted by Crippen LogP contribution is -2.17. The second-order valence-electron chi connectivity index (χ2n) is 6.35. The Morgan fingerprint density at radius 3 is 2.84 bits per heavy atom. The van der Waals surface area contributed by atoms with Crippen LogP contribution in [0.15, 0.2) is 35.5 Å². The van der Waals surface area contributed by atoms with E-state index >= 15 is 0 Å². The number of nitriles is 1. The monoisotopic (exact) mass is 338 g/mol. The van der Waals surface area contributed by atoms with Gasteiger partial charge < -0.3 is 19.8 Å². The van der Waals surface area contributed by atoms with Gasteiger partial charge in [0.15, 0.2) is 5.69 Å². The number of benzene rings is 1. The molecule has 0 radical (unpaired) electrons. The van der Waals surface area contributed by atoms with Gasteiger partial charge in [0.25, 0.3) is 0 Å². The average molecular weight is 338 g/mol. The fourth-order valence-electron chi connectivity index (χ4n) is 2.64. The van der Waals surface area contributed by atoms with Crippen LogP contribution < -0.4 is 5.73 Å². The molecule has 1 aromatic carbocycles. The van der Waals surface area contributed by atoms with E-state index in [4.69, 9.17) is 15.2 Å². The lowest BCUT2D eigenvalue weighted by molar-refractivity contribution is 0.0593. The third-order valence-corrected chi connectivity index (χ3v) is 3.88. The van der Waals surface area contributed by atoms with Crippen molar-refractivity contribution in [3.8, 4) is 11.8 Å². The molecule has 1 aliphatic rings. The van der Waals surface area contributed by atoms with Gasteiger partial charge in [-0.2, -0.15) is 5.26 Å². The Kier molecular flexibility index (Phi) is 3.97. The molecule has 0 amide bonds. The van der Waals surface area contributed by atoms with E-state index in [1.54, 1.807) is 10.6 Å². The summed E-state index contributed by atoms with van der Waals surface area (Å²) in [6, 6.07) is 9.31. The molecule has 0 saturated carbocycles. The third-order valence-electron chi connectivity index (χ3n) is 3.88. The van der Waals surface area contributed by atoms with Crippen molar-refractivity contribution in [2.45, 2.75) is 19.4 Å². The van der Waals surface area contributed by atoms with Crippen molar-refractivity contribution in [1.29, 1.82) is 5.26 Å². The molecule has 0 atom stereocenters. The Morgan fingerprint density at radius 2 is 2.24 bits per heavy atom. The summed E-state index contributed by atoms with van der Waals surface area (Å²) in [6.07, 6.45) is 1.52. The highest BCUT2D eigenvalue weighted by Crippen LogP contribution is 2.26. The topological polar surface area (TPSA) is 103 Å². The predicted molar refractivity (Wildman–Crippen MR) is 92.8 cm³/mol. The minimum atomic E-state index is -0.611. The highest BCUT2D eigenvalue weighted by atomic mass is 16.5. The van der Waals surface area contributed by atoms with Gasteiger partial charge in [-0.1, -0.05) is 6.07 Å². The maximum Gasteiger partial charge on any atom is 0.357 e. The summed E-state index contributed by atoms with van der Waals surface area (Å²) in [7, 11) is 1.27. The highest BCUT2D eigenvalue weighted by Gasteiger charge is 2.27. The fourth-order valence-corrected chi connectivity index (χ4v) is 2.64. The van der Waals surface area contributed by atoms with E-state index in [9.17, 15) is 10.1 Å². The maximum absolute atomic E-state index is 12.1. The molecule has 7 heteroatoms. The van der Waals surface area contributed by atoms with Crippen LogP contribution in [0.2, 0.25) is 0 Å². The highest BCUT2D eigenvalue weighted by molar-refractivity contribution is 5.97. The number of aromatic nitrogens is 1. The number of aliphatic imine (C=N–C) groups is 1. The molecule has 25 heavy (non-hydrogen) atoms. The van der Waals surface area contributed by atoms with Crippen LogP contribution in [0.3, 0.4) is 0 Å². The Bertz CT molecular complexity index is 919. The van der Waals surface area contributed by atoms with Gasteiger partial charge in [0, 0.05) is 17.4 Å². The number of hydrogen-bond donors (Lipinski definition) is 1. The Labute approximate surface area is 145 Å². The molecule has 2 heterocycles. The largest absolute Gasteiger partial charge is 0.475 e. The average Bonchev–Trinajstić information content (AvgIpc) is 3.13. The number of nitrogens with zero attached hydrogens (tertiary/aromatic N) is 3. The molecule has 2 N–H and O–H groups in total. The first-order chi connectivity index (χ1) is 11.9. The Balaban J connectivity index is 2.11. The molecule has 2 aromatic rings. The molecule has 0 spiro atoms. The quantitative estimate of drug-likeness (QED) is 0.865. The lowest BCUT2D eigenvalue weighted by atomic mass is 10.1. The van der Waals surface area contributed by atoms with Gasteiger partial charge in [0.1, 0.15) is 12.7 Å². The zero-order valence-electron chi connectivity index (χ0n) is 14.2. The van der Waals surface area contributed by atoms with E-state index in [0.29, 0.717) is 18.2 Å². The van der Waals surface area contributed by atoms with Crippen molar-refractivity contribution < 1.29 is 14.3 Å². The van der Waals surface area contributed by atoms with Crippen molar-refractivity contribution in [3.05, 3.63) is 47.3 Å². The van der Waals surface area contributed by atoms with E-state index < -0.39 is 5.97 Å². The molecule has 7 nitrogen and oxygen atoms in total. The number of carbonyl (C=O) groups excluding carboxylic acids is 1. The normalized spacial score (nSPS) is 15.2. The van der Waals surface area contributed by atoms with E-state index in [2.05, 4.69) is 4.99 Å². The number of ether oxygens (including phenoxy) is 2. The van der Waals surface area contributed by atoms with Crippen molar-refractivity contribution in [2.75, 3.05) is 19.5 Å². The second kappa shape index (κ2) is 5.98. The number of nitrogens with two attached hydrogens (primary N) is 1. The Hall–Kier alpha value is -3.27. The summed E-state index contributed by atoms with van der Waals surface area (Å²) >= 11 is 0. The summed E-state index contributed by atoms with van der Waals surface area (Å²) < 4.78 is 12.0. The van der Waals surface area contributed by atoms with Gasteiger partial charge in [-0.05, 0) is 32.0 Å². The van der Waals surface area contributed by atoms with Crippen molar-refractivity contribution in [2.24, 2.45) is 4.99 Å². The van der Waals surface area contributed by atoms with Gasteiger partial charge in [0.05, 0.1) is 23.9 Å². The minimum absolute atomic E-state index is 0.0929. The summed E-state index contributed by atoms with van der Waals surface area (Å²) in [5, 5.41) is 9.21. The van der Waals surface area contributed by atoms with E-state index in [0.717, 1.165) is 5.56 Å². The standard InChI is InChI=1S/C18H18N4O3/c1-18(2)10-25-16(21-18)11-5-4-6-13(7-11)22-9-12(8-19)14(20)15(22)17(23)24-3/h4-7,9H,10,20H2,1-3H3.